The number of ether oxygens (including phenoxy) is 3. The monoisotopic (exact) mass is 637 g/mol. The molecule has 242 valence electrons. The van der Waals surface area contributed by atoms with Gasteiger partial charge in [0.1, 0.15) is 17.3 Å². The van der Waals surface area contributed by atoms with Crippen LogP contribution in [0.2, 0.25) is 0 Å². The first-order valence-corrected chi connectivity index (χ1v) is 15.3. The minimum absolute atomic E-state index is 0.0361. The second kappa shape index (κ2) is 15.8. The molecule has 5 rings (SSSR count). The van der Waals surface area contributed by atoms with Crippen LogP contribution in [0.15, 0.2) is 107 Å². The quantitative estimate of drug-likeness (QED) is 0.0686. The lowest BCUT2D eigenvalue weighted by atomic mass is 9.80. The van der Waals surface area contributed by atoms with Gasteiger partial charge in [-0.1, -0.05) is 53.6 Å². The van der Waals surface area contributed by atoms with Crippen molar-refractivity contribution in [1.29, 1.82) is 0 Å². The number of hydrogen-bond acceptors (Lipinski definition) is 7. The van der Waals surface area contributed by atoms with Gasteiger partial charge in [0, 0.05) is 36.5 Å². The SMILES string of the molecule is COc1cccc([C@H]2OC(c3ccc(OCCCO)cc3)=N[C@@]2(Cc2ccccc2CN=[N+]=[N-])C(=O)NCCc2ccc(F)cc2)c1. The number of hydrogen-bond donors (Lipinski definition) is 2. The van der Waals surface area contributed by atoms with Gasteiger partial charge < -0.3 is 24.6 Å². The maximum Gasteiger partial charge on any atom is 0.252 e. The molecule has 0 unspecified atom stereocenters. The van der Waals surface area contributed by atoms with Crippen molar-refractivity contribution < 1.29 is 28.5 Å². The highest BCUT2D eigenvalue weighted by Gasteiger charge is 2.53. The average molecular weight is 638 g/mol. The van der Waals surface area contributed by atoms with Gasteiger partial charge in [0.25, 0.3) is 5.91 Å². The van der Waals surface area contributed by atoms with Gasteiger partial charge in [0.2, 0.25) is 5.90 Å². The van der Waals surface area contributed by atoms with Crippen LogP contribution >= 0.6 is 0 Å². The molecule has 1 aliphatic heterocycles. The van der Waals surface area contributed by atoms with E-state index in [1.54, 1.807) is 31.4 Å². The minimum Gasteiger partial charge on any atom is -0.497 e. The van der Waals surface area contributed by atoms with Gasteiger partial charge in [-0.3, -0.25) is 4.79 Å². The number of aliphatic hydroxyl groups is 1. The van der Waals surface area contributed by atoms with Gasteiger partial charge in [0.05, 0.1) is 20.3 Å². The summed E-state index contributed by atoms with van der Waals surface area (Å²) in [5, 5.41) is 15.9. The van der Waals surface area contributed by atoms with Crippen LogP contribution in [0, 0.1) is 5.82 Å². The standard InChI is InChI=1S/C36H36FN5O5/c1-45-32-9-4-8-27(22-32)33-36(23-28-6-2-3-7-29(28)24-40-42-38,35(44)39-19-18-25-10-14-30(37)15-11-25)41-34(47-33)26-12-16-31(17-13-26)46-21-5-20-43/h2-4,6-17,22,33,43H,5,18-21,23-24H2,1H3,(H,39,44)/t33-,36-/m1/s1. The fourth-order valence-corrected chi connectivity index (χ4v) is 5.49. The van der Waals surface area contributed by atoms with Crippen LogP contribution in [-0.4, -0.2) is 49.3 Å². The number of methoxy groups -OCH3 is 1. The van der Waals surface area contributed by atoms with E-state index in [9.17, 15) is 9.18 Å². The average Bonchev–Trinajstić information content (AvgIpc) is 3.49. The fraction of sp³-hybridized carbons (Fsp3) is 0.278. The second-order valence-electron chi connectivity index (χ2n) is 11.0. The zero-order valence-corrected chi connectivity index (χ0v) is 26.0. The Balaban J connectivity index is 1.57. The summed E-state index contributed by atoms with van der Waals surface area (Å²) in [5.41, 5.74) is 11.3. The normalized spacial score (nSPS) is 16.8. The number of aliphatic imine (C=N–C) groups is 1. The Hall–Kier alpha value is -5.38. The van der Waals surface area contributed by atoms with Crippen molar-refractivity contribution in [3.8, 4) is 11.5 Å². The summed E-state index contributed by atoms with van der Waals surface area (Å²) >= 11 is 0. The van der Waals surface area contributed by atoms with E-state index in [0.29, 0.717) is 42.1 Å². The van der Waals surface area contributed by atoms with Gasteiger partial charge in [-0.2, -0.15) is 0 Å². The number of nitrogens with zero attached hydrogens (tertiary/aromatic N) is 4. The van der Waals surface area contributed by atoms with Crippen LogP contribution in [0.25, 0.3) is 10.4 Å². The Labute approximate surface area is 272 Å². The summed E-state index contributed by atoms with van der Waals surface area (Å²) in [4.78, 5) is 22.6. The lowest BCUT2D eigenvalue weighted by Crippen LogP contribution is -2.50. The van der Waals surface area contributed by atoms with Crippen molar-refractivity contribution in [3.05, 3.63) is 141 Å². The number of halogens is 1. The van der Waals surface area contributed by atoms with E-state index in [-0.39, 0.29) is 43.7 Å². The van der Waals surface area contributed by atoms with E-state index in [4.69, 9.17) is 29.8 Å². The first kappa shape index (κ1) is 33.0. The molecule has 4 aromatic carbocycles. The molecule has 0 bridgehead atoms. The molecule has 1 amide bonds. The van der Waals surface area contributed by atoms with Crippen molar-refractivity contribution in [2.24, 2.45) is 10.1 Å². The van der Waals surface area contributed by atoms with E-state index >= 15 is 0 Å². The highest BCUT2D eigenvalue weighted by molar-refractivity contribution is 6.01. The first-order valence-electron chi connectivity index (χ1n) is 15.3. The number of carbonyl (C=O) groups is 1. The largest absolute Gasteiger partial charge is 0.497 e. The predicted octanol–water partition coefficient (Wildman–Crippen LogP) is 6.26. The van der Waals surface area contributed by atoms with E-state index in [1.165, 1.54) is 12.1 Å². The summed E-state index contributed by atoms with van der Waals surface area (Å²) in [7, 11) is 1.57. The lowest BCUT2D eigenvalue weighted by molar-refractivity contribution is -0.128. The molecule has 0 aliphatic carbocycles. The number of benzene rings is 4. The van der Waals surface area contributed by atoms with Crippen LogP contribution in [-0.2, 0) is 28.9 Å². The predicted molar refractivity (Wildman–Crippen MR) is 176 cm³/mol. The van der Waals surface area contributed by atoms with E-state index < -0.39 is 11.6 Å². The minimum atomic E-state index is -1.48. The third-order valence-corrected chi connectivity index (χ3v) is 7.92. The Morgan fingerprint density at radius 1 is 1.04 bits per heavy atom. The molecule has 0 saturated heterocycles. The summed E-state index contributed by atoms with van der Waals surface area (Å²) < 4.78 is 31.3. The summed E-state index contributed by atoms with van der Waals surface area (Å²) in [6.07, 6.45) is 0.278. The third kappa shape index (κ3) is 8.07. The summed E-state index contributed by atoms with van der Waals surface area (Å²) in [6, 6.07) is 28.2. The molecule has 2 atom stereocenters. The van der Waals surface area contributed by atoms with E-state index in [2.05, 4.69) is 15.3 Å². The van der Waals surface area contributed by atoms with Crippen molar-refractivity contribution >= 4 is 11.8 Å². The first-order chi connectivity index (χ1) is 23.0. The van der Waals surface area contributed by atoms with Gasteiger partial charge in [-0.05, 0) is 82.7 Å². The Morgan fingerprint density at radius 3 is 2.53 bits per heavy atom. The van der Waals surface area contributed by atoms with Gasteiger partial charge in [0.15, 0.2) is 11.6 Å². The summed E-state index contributed by atoms with van der Waals surface area (Å²) in [5.74, 6) is 0.818. The molecule has 10 nitrogen and oxygen atoms in total. The van der Waals surface area contributed by atoms with Gasteiger partial charge >= 0.3 is 0 Å². The maximum absolute atomic E-state index is 14.5. The second-order valence-corrected chi connectivity index (χ2v) is 11.0. The highest BCUT2D eigenvalue weighted by atomic mass is 19.1. The van der Waals surface area contributed by atoms with Crippen LogP contribution in [0.3, 0.4) is 0 Å². The summed E-state index contributed by atoms with van der Waals surface area (Å²) in [6.45, 7) is 0.798. The molecule has 2 N–H and O–H groups in total. The van der Waals surface area contributed by atoms with Crippen LogP contribution in [0.4, 0.5) is 4.39 Å². The van der Waals surface area contributed by atoms with Gasteiger partial charge in [-0.15, -0.1) is 0 Å². The zero-order valence-electron chi connectivity index (χ0n) is 26.0. The molecule has 0 saturated carbocycles. The number of amides is 1. The molecule has 0 radical (unpaired) electrons. The van der Waals surface area contributed by atoms with Crippen molar-refractivity contribution in [2.75, 3.05) is 26.9 Å². The number of azide groups is 1. The van der Waals surface area contributed by atoms with E-state index in [0.717, 1.165) is 16.7 Å². The fourth-order valence-electron chi connectivity index (χ4n) is 5.49. The smallest absolute Gasteiger partial charge is 0.252 e. The van der Waals surface area contributed by atoms with E-state index in [1.807, 2.05) is 60.7 Å². The maximum atomic E-state index is 14.5. The molecule has 1 heterocycles. The molecule has 1 aliphatic rings. The molecule has 11 heteroatoms. The molecule has 0 aromatic heterocycles. The van der Waals surface area contributed by atoms with Gasteiger partial charge in [-0.25, -0.2) is 9.38 Å². The Bertz CT molecular complexity index is 1740. The van der Waals surface area contributed by atoms with Crippen molar-refractivity contribution in [1.82, 2.24) is 5.32 Å². The molecule has 0 fully saturated rings. The van der Waals surface area contributed by atoms with Crippen LogP contribution < -0.4 is 14.8 Å². The number of carbonyl (C=O) groups excluding carboxylic acids is 1. The Kier molecular flexibility index (Phi) is 11.1. The Morgan fingerprint density at radius 2 is 1.81 bits per heavy atom. The zero-order chi connectivity index (χ0) is 33.1. The van der Waals surface area contributed by atoms with Crippen LogP contribution in [0.1, 0.15) is 40.3 Å². The van der Waals surface area contributed by atoms with Crippen LogP contribution in [0.5, 0.6) is 11.5 Å². The number of aliphatic hydroxyl groups excluding tert-OH is 1. The molecular weight excluding hydrogens is 601 g/mol. The molecular formula is C36H36FN5O5. The van der Waals surface area contributed by atoms with Crippen molar-refractivity contribution in [3.63, 3.8) is 0 Å². The molecule has 4 aromatic rings. The highest BCUT2D eigenvalue weighted by Crippen LogP contribution is 2.43. The lowest BCUT2D eigenvalue weighted by Gasteiger charge is -2.31. The number of nitrogens with one attached hydrogen (secondary N) is 1. The number of rotatable bonds is 15. The third-order valence-electron chi connectivity index (χ3n) is 7.92. The van der Waals surface area contributed by atoms with Crippen molar-refractivity contribution in [2.45, 2.75) is 37.5 Å². The molecule has 0 spiro atoms. The topological polar surface area (TPSA) is 138 Å². The molecule has 47 heavy (non-hydrogen) atoms.